The Balaban J connectivity index is 1.75. The van der Waals surface area contributed by atoms with E-state index in [2.05, 4.69) is 32.0 Å². The van der Waals surface area contributed by atoms with Crippen LogP contribution in [0.1, 0.15) is 30.3 Å². The molecule has 0 spiro atoms. The Kier molecular flexibility index (Phi) is 7.11. The smallest absolute Gasteiger partial charge is 0.227 e. The highest BCUT2D eigenvalue weighted by Gasteiger charge is 2.22. The lowest BCUT2D eigenvalue weighted by atomic mass is 10.1. The summed E-state index contributed by atoms with van der Waals surface area (Å²) in [6.45, 7) is 3.49. The van der Waals surface area contributed by atoms with Gasteiger partial charge < -0.3 is 4.57 Å². The number of benzene rings is 1. The molecule has 0 radical (unpaired) electrons. The van der Waals surface area contributed by atoms with Crippen molar-refractivity contribution in [1.29, 1.82) is 0 Å². The van der Waals surface area contributed by atoms with Crippen LogP contribution in [0.3, 0.4) is 0 Å². The number of hydrogen-bond donors (Lipinski definition) is 0. The highest BCUT2D eigenvalue weighted by atomic mass is 32.2. The molecule has 0 fully saturated rings. The monoisotopic (exact) mass is 413 g/mol. The normalized spacial score (nSPS) is 11.8. The van der Waals surface area contributed by atoms with E-state index < -0.39 is 9.84 Å². The van der Waals surface area contributed by atoms with Crippen molar-refractivity contribution in [1.82, 2.24) is 24.4 Å². The van der Waals surface area contributed by atoms with Crippen LogP contribution >= 0.6 is 0 Å². The summed E-state index contributed by atoms with van der Waals surface area (Å²) in [5.74, 6) is 0.0406. The van der Waals surface area contributed by atoms with Gasteiger partial charge in [-0.3, -0.25) is 4.90 Å². The average Bonchev–Trinajstić information content (AvgIpc) is 3.12. The number of aromatic nitrogens is 4. The predicted octanol–water partition coefficient (Wildman–Crippen LogP) is 2.73. The van der Waals surface area contributed by atoms with E-state index in [9.17, 15) is 8.42 Å². The Labute approximate surface area is 172 Å². The molecule has 0 saturated carbocycles. The lowest BCUT2D eigenvalue weighted by Crippen LogP contribution is -2.22. The van der Waals surface area contributed by atoms with Gasteiger partial charge in [-0.1, -0.05) is 37.3 Å². The molecule has 1 aromatic carbocycles. The summed E-state index contributed by atoms with van der Waals surface area (Å²) in [6, 6.07) is 12.1. The Morgan fingerprint density at radius 3 is 2.55 bits per heavy atom. The fourth-order valence-electron chi connectivity index (χ4n) is 3.24. The molecule has 2 heterocycles. The second-order valence-electron chi connectivity index (χ2n) is 7.05. The molecule has 0 aliphatic heterocycles. The number of hydrogen-bond acceptors (Lipinski definition) is 6. The second kappa shape index (κ2) is 9.76. The number of imidazole rings is 1. The molecule has 0 saturated heterocycles. The second-order valence-corrected chi connectivity index (χ2v) is 9.22. The van der Waals surface area contributed by atoms with E-state index in [0.29, 0.717) is 19.6 Å². The molecule has 0 aliphatic carbocycles. The van der Waals surface area contributed by atoms with Gasteiger partial charge in [-0.05, 0) is 31.5 Å². The highest BCUT2D eigenvalue weighted by Crippen LogP contribution is 2.17. The van der Waals surface area contributed by atoms with Gasteiger partial charge in [-0.15, -0.1) is 0 Å². The van der Waals surface area contributed by atoms with Crippen molar-refractivity contribution < 1.29 is 8.42 Å². The van der Waals surface area contributed by atoms with Crippen LogP contribution in [0.25, 0.3) is 0 Å². The average molecular weight is 414 g/mol. The van der Waals surface area contributed by atoms with Gasteiger partial charge in [0.2, 0.25) is 15.0 Å². The van der Waals surface area contributed by atoms with E-state index >= 15 is 0 Å². The minimum absolute atomic E-state index is 0.0406. The third kappa shape index (κ3) is 5.71. The lowest BCUT2D eigenvalue weighted by Gasteiger charge is -2.18. The van der Waals surface area contributed by atoms with Crippen LogP contribution in [0.2, 0.25) is 0 Å². The third-order valence-corrected chi connectivity index (χ3v) is 6.40. The van der Waals surface area contributed by atoms with Crippen LogP contribution in [0, 0.1) is 0 Å². The number of sulfone groups is 1. The fraction of sp³-hybridized carbons (Fsp3) is 0.381. The number of aryl methyl sites for hydroxylation is 1. The molecule has 29 heavy (non-hydrogen) atoms. The summed E-state index contributed by atoms with van der Waals surface area (Å²) >= 11 is 0. The first-order chi connectivity index (χ1) is 14.0. The summed E-state index contributed by atoms with van der Waals surface area (Å²) in [5, 5.41) is 0.165. The Morgan fingerprint density at radius 2 is 1.86 bits per heavy atom. The molecule has 0 N–H and O–H groups in total. The fourth-order valence-corrected chi connectivity index (χ4v) is 4.26. The Bertz CT molecular complexity index is 1000. The molecule has 2 aromatic heterocycles. The van der Waals surface area contributed by atoms with Crippen molar-refractivity contribution in [2.75, 3.05) is 12.8 Å². The summed E-state index contributed by atoms with van der Waals surface area (Å²) in [7, 11) is -1.40. The molecule has 8 heteroatoms. The number of nitrogens with zero attached hydrogens (tertiary/aromatic N) is 5. The summed E-state index contributed by atoms with van der Waals surface area (Å²) in [5.41, 5.74) is 3.05. The maximum atomic E-state index is 12.5. The van der Waals surface area contributed by atoms with Gasteiger partial charge in [-0.25, -0.2) is 23.4 Å². The molecular formula is C21H27N5O2S. The van der Waals surface area contributed by atoms with Crippen molar-refractivity contribution in [3.8, 4) is 0 Å². The van der Waals surface area contributed by atoms with Gasteiger partial charge in [0, 0.05) is 25.8 Å². The molecule has 0 amide bonds. The van der Waals surface area contributed by atoms with Crippen molar-refractivity contribution in [2.24, 2.45) is 0 Å². The molecule has 3 rings (SSSR count). The van der Waals surface area contributed by atoms with Gasteiger partial charge in [0.05, 0.1) is 23.3 Å². The van der Waals surface area contributed by atoms with Gasteiger partial charge in [0.15, 0.2) is 0 Å². The minimum atomic E-state index is -3.39. The first-order valence-corrected chi connectivity index (χ1v) is 11.4. The summed E-state index contributed by atoms with van der Waals surface area (Å²) in [6.07, 6.45) is 6.66. The standard InChI is InChI=1S/C21H27N5O2S/c1-3-29(27,28)21-23-14-20(16-25(2)15-19-11-12-22-17-24-19)26(21)13-7-10-18-8-5-4-6-9-18/h4-6,8-9,11-12,14,17H,3,7,10,13,15-16H2,1-2H3. The van der Waals surface area contributed by atoms with E-state index in [-0.39, 0.29) is 10.9 Å². The molecule has 154 valence electrons. The highest BCUT2D eigenvalue weighted by molar-refractivity contribution is 7.91. The van der Waals surface area contributed by atoms with Crippen LogP contribution in [-0.2, 0) is 35.9 Å². The third-order valence-electron chi connectivity index (χ3n) is 4.76. The van der Waals surface area contributed by atoms with E-state index in [0.717, 1.165) is 24.2 Å². The van der Waals surface area contributed by atoms with Gasteiger partial charge in [0.1, 0.15) is 6.33 Å². The zero-order valence-corrected chi connectivity index (χ0v) is 17.7. The van der Waals surface area contributed by atoms with E-state index in [4.69, 9.17) is 0 Å². The zero-order chi connectivity index (χ0) is 20.7. The van der Waals surface area contributed by atoms with Crippen molar-refractivity contribution in [3.05, 3.63) is 72.1 Å². The Hall–Kier alpha value is -2.58. The molecule has 0 aliphatic rings. The topological polar surface area (TPSA) is 81.0 Å². The largest absolute Gasteiger partial charge is 0.318 e. The molecular weight excluding hydrogens is 386 g/mol. The maximum Gasteiger partial charge on any atom is 0.227 e. The van der Waals surface area contributed by atoms with Crippen molar-refractivity contribution in [2.45, 2.75) is 44.6 Å². The molecule has 7 nitrogen and oxygen atoms in total. The summed E-state index contributed by atoms with van der Waals surface area (Å²) in [4.78, 5) is 14.6. The van der Waals surface area contributed by atoms with Crippen LogP contribution in [0.4, 0.5) is 0 Å². The zero-order valence-electron chi connectivity index (χ0n) is 16.9. The molecule has 0 atom stereocenters. The van der Waals surface area contributed by atoms with Crippen LogP contribution in [0.15, 0.2) is 60.3 Å². The number of rotatable bonds is 10. The van der Waals surface area contributed by atoms with E-state index in [1.54, 1.807) is 19.3 Å². The van der Waals surface area contributed by atoms with Crippen LogP contribution in [-0.4, -0.2) is 45.6 Å². The summed E-state index contributed by atoms with van der Waals surface area (Å²) < 4.78 is 26.9. The minimum Gasteiger partial charge on any atom is -0.318 e. The predicted molar refractivity (Wildman–Crippen MR) is 112 cm³/mol. The van der Waals surface area contributed by atoms with Gasteiger partial charge in [0.25, 0.3) is 0 Å². The molecule has 3 aromatic rings. The first kappa shape index (κ1) is 21.1. The molecule has 0 unspecified atom stereocenters. The van der Waals surface area contributed by atoms with Crippen LogP contribution < -0.4 is 0 Å². The maximum absolute atomic E-state index is 12.5. The van der Waals surface area contributed by atoms with Gasteiger partial charge >= 0.3 is 0 Å². The van der Waals surface area contributed by atoms with E-state index in [1.165, 1.54) is 11.9 Å². The first-order valence-electron chi connectivity index (χ1n) is 9.74. The van der Waals surface area contributed by atoms with Crippen molar-refractivity contribution >= 4 is 9.84 Å². The lowest BCUT2D eigenvalue weighted by molar-refractivity contribution is 0.303. The SMILES string of the molecule is CCS(=O)(=O)c1ncc(CN(C)Cc2ccncn2)n1CCCc1ccccc1. The van der Waals surface area contributed by atoms with Gasteiger partial charge in [-0.2, -0.15) is 0 Å². The van der Waals surface area contributed by atoms with Crippen molar-refractivity contribution in [3.63, 3.8) is 0 Å². The quantitative estimate of drug-likeness (QED) is 0.508. The Morgan fingerprint density at radius 1 is 1.07 bits per heavy atom. The van der Waals surface area contributed by atoms with E-state index in [1.807, 2.05) is 35.9 Å². The van der Waals surface area contributed by atoms with Crippen LogP contribution in [0.5, 0.6) is 0 Å². The molecule has 0 bridgehead atoms.